The zero-order chi connectivity index (χ0) is 18.2. The van der Waals surface area contributed by atoms with Gasteiger partial charge < -0.3 is 0 Å². The number of aromatic nitrogens is 1. The molecule has 0 radical (unpaired) electrons. The van der Waals surface area contributed by atoms with Gasteiger partial charge >= 0.3 is 0 Å². The van der Waals surface area contributed by atoms with E-state index in [4.69, 9.17) is 11.6 Å². The molecule has 0 saturated heterocycles. The van der Waals surface area contributed by atoms with Crippen LogP contribution in [-0.2, 0) is 10.0 Å². The van der Waals surface area contributed by atoms with Crippen molar-refractivity contribution < 1.29 is 13.2 Å². The molecule has 0 aliphatic carbocycles. The first-order valence-corrected chi connectivity index (χ1v) is 10.4. The fourth-order valence-electron chi connectivity index (χ4n) is 2.08. The fourth-order valence-corrected chi connectivity index (χ4v) is 4.37. The molecule has 0 aliphatic heterocycles. The molecule has 130 valence electrons. The van der Waals surface area contributed by atoms with Gasteiger partial charge in [0.05, 0.1) is 25.7 Å². The molecule has 2 aromatic carbocycles. The van der Waals surface area contributed by atoms with Crippen LogP contribution in [0.15, 0.2) is 45.8 Å². The first-order chi connectivity index (χ1) is 11.8. The molecular weight excluding hydrogens is 450 g/mol. The SMILES string of the molecule is CNS(=O)(=O)c1ccc2nc(NC(=O)c3cc(Br)ccc3Cl)sc2c1. The van der Waals surface area contributed by atoms with Gasteiger partial charge in [0.2, 0.25) is 10.0 Å². The maximum Gasteiger partial charge on any atom is 0.258 e. The van der Waals surface area contributed by atoms with Gasteiger partial charge in [-0.05, 0) is 43.4 Å². The molecule has 0 saturated carbocycles. The minimum atomic E-state index is -3.54. The van der Waals surface area contributed by atoms with Gasteiger partial charge in [-0.25, -0.2) is 18.1 Å². The quantitative estimate of drug-likeness (QED) is 0.618. The maximum absolute atomic E-state index is 12.4. The molecule has 0 fully saturated rings. The number of rotatable bonds is 4. The van der Waals surface area contributed by atoms with E-state index >= 15 is 0 Å². The second-order valence-corrected chi connectivity index (χ2v) is 9.17. The van der Waals surface area contributed by atoms with Crippen LogP contribution in [0.1, 0.15) is 10.4 Å². The fraction of sp³-hybridized carbons (Fsp3) is 0.0667. The predicted octanol–water partition coefficient (Wildman–Crippen LogP) is 3.87. The molecule has 3 rings (SSSR count). The molecule has 10 heteroatoms. The molecular formula is C15H11BrClN3O3S2. The molecule has 3 aromatic rings. The number of hydrogen-bond donors (Lipinski definition) is 2. The lowest BCUT2D eigenvalue weighted by atomic mass is 10.2. The summed E-state index contributed by atoms with van der Waals surface area (Å²) in [6, 6.07) is 9.54. The van der Waals surface area contributed by atoms with Crippen molar-refractivity contribution in [1.29, 1.82) is 0 Å². The van der Waals surface area contributed by atoms with E-state index in [2.05, 4.69) is 31.0 Å². The van der Waals surface area contributed by atoms with Crippen molar-refractivity contribution in [2.24, 2.45) is 0 Å². The highest BCUT2D eigenvalue weighted by Crippen LogP contribution is 2.29. The molecule has 6 nitrogen and oxygen atoms in total. The van der Waals surface area contributed by atoms with Crippen molar-refractivity contribution in [3.63, 3.8) is 0 Å². The number of amides is 1. The van der Waals surface area contributed by atoms with Crippen molar-refractivity contribution in [2.75, 3.05) is 12.4 Å². The Hall–Kier alpha value is -1.52. The van der Waals surface area contributed by atoms with Gasteiger partial charge in [0.1, 0.15) is 0 Å². The van der Waals surface area contributed by atoms with E-state index in [-0.39, 0.29) is 4.90 Å². The molecule has 0 unspecified atom stereocenters. The number of nitrogens with one attached hydrogen (secondary N) is 2. The second-order valence-electron chi connectivity index (χ2n) is 4.93. The average Bonchev–Trinajstić information content (AvgIpc) is 2.98. The summed E-state index contributed by atoms with van der Waals surface area (Å²) in [6.07, 6.45) is 0. The van der Waals surface area contributed by atoms with Crippen LogP contribution in [0.3, 0.4) is 0 Å². The number of halogens is 2. The van der Waals surface area contributed by atoms with Gasteiger partial charge in [-0.1, -0.05) is 38.9 Å². The zero-order valence-electron chi connectivity index (χ0n) is 12.7. The Morgan fingerprint density at radius 1 is 1.24 bits per heavy atom. The standard InChI is InChI=1S/C15H11BrClN3O3S2/c1-18-25(22,23)9-3-5-12-13(7-9)24-15(19-12)20-14(21)10-6-8(16)2-4-11(10)17/h2-7,18H,1H3,(H,19,20,21). The number of carbonyl (C=O) groups excluding carboxylic acids is 1. The summed E-state index contributed by atoms with van der Waals surface area (Å²) in [7, 11) is -2.19. The highest BCUT2D eigenvalue weighted by molar-refractivity contribution is 9.10. The van der Waals surface area contributed by atoms with Crippen molar-refractivity contribution in [3.8, 4) is 0 Å². The van der Waals surface area contributed by atoms with E-state index < -0.39 is 15.9 Å². The van der Waals surface area contributed by atoms with Crippen LogP contribution in [0.25, 0.3) is 10.2 Å². The first kappa shape index (κ1) is 18.3. The van der Waals surface area contributed by atoms with E-state index in [1.54, 1.807) is 24.3 Å². The van der Waals surface area contributed by atoms with E-state index in [9.17, 15) is 13.2 Å². The van der Waals surface area contributed by atoms with E-state index in [1.807, 2.05) is 0 Å². The maximum atomic E-state index is 12.4. The number of anilines is 1. The lowest BCUT2D eigenvalue weighted by Gasteiger charge is -2.04. The number of fused-ring (bicyclic) bond motifs is 1. The third kappa shape index (κ3) is 3.85. The second kappa shape index (κ2) is 7.00. The Morgan fingerprint density at radius 3 is 2.72 bits per heavy atom. The van der Waals surface area contributed by atoms with Crippen LogP contribution >= 0.6 is 38.9 Å². The van der Waals surface area contributed by atoms with Crippen LogP contribution < -0.4 is 10.0 Å². The molecule has 0 atom stereocenters. The van der Waals surface area contributed by atoms with Gasteiger partial charge in [-0.3, -0.25) is 10.1 Å². The van der Waals surface area contributed by atoms with Crippen molar-refractivity contribution in [3.05, 3.63) is 51.5 Å². The minimum absolute atomic E-state index is 0.138. The summed E-state index contributed by atoms with van der Waals surface area (Å²) in [6.45, 7) is 0. The highest BCUT2D eigenvalue weighted by Gasteiger charge is 2.16. The molecule has 1 aromatic heterocycles. The zero-order valence-corrected chi connectivity index (χ0v) is 16.7. The number of nitrogens with zero attached hydrogens (tertiary/aromatic N) is 1. The normalized spacial score (nSPS) is 11.6. The van der Waals surface area contributed by atoms with Gasteiger partial charge in [-0.2, -0.15) is 0 Å². The van der Waals surface area contributed by atoms with Crippen LogP contribution in [0.5, 0.6) is 0 Å². The Bertz CT molecular complexity index is 1080. The Kier molecular flexibility index (Phi) is 5.12. The monoisotopic (exact) mass is 459 g/mol. The summed E-state index contributed by atoms with van der Waals surface area (Å²) in [5.74, 6) is -0.395. The van der Waals surface area contributed by atoms with E-state index in [0.717, 1.165) is 4.47 Å². The summed E-state index contributed by atoms with van der Waals surface area (Å²) in [4.78, 5) is 16.8. The Labute approximate surface area is 161 Å². The number of thiazole rings is 1. The Balaban J connectivity index is 1.92. The van der Waals surface area contributed by atoms with Crippen molar-refractivity contribution >= 4 is 70.1 Å². The molecule has 0 aliphatic rings. The van der Waals surface area contributed by atoms with E-state index in [0.29, 0.717) is 25.9 Å². The third-order valence-electron chi connectivity index (χ3n) is 3.33. The minimum Gasteiger partial charge on any atom is -0.298 e. The van der Waals surface area contributed by atoms with Crippen LogP contribution in [-0.4, -0.2) is 26.4 Å². The van der Waals surface area contributed by atoms with Crippen molar-refractivity contribution in [1.82, 2.24) is 9.71 Å². The van der Waals surface area contributed by atoms with Crippen LogP contribution in [0.2, 0.25) is 5.02 Å². The number of benzene rings is 2. The summed E-state index contributed by atoms with van der Waals surface area (Å²) < 4.78 is 27.4. The Morgan fingerprint density at radius 2 is 2.00 bits per heavy atom. The molecule has 2 N–H and O–H groups in total. The van der Waals surface area contributed by atoms with Crippen LogP contribution in [0.4, 0.5) is 5.13 Å². The molecule has 0 spiro atoms. The molecule has 1 heterocycles. The highest BCUT2D eigenvalue weighted by atomic mass is 79.9. The summed E-state index contributed by atoms with van der Waals surface area (Å²) in [5.41, 5.74) is 0.907. The van der Waals surface area contributed by atoms with Gasteiger partial charge in [0.25, 0.3) is 5.91 Å². The topological polar surface area (TPSA) is 88.2 Å². The lowest BCUT2D eigenvalue weighted by molar-refractivity contribution is 0.102. The van der Waals surface area contributed by atoms with Crippen molar-refractivity contribution in [2.45, 2.75) is 4.90 Å². The summed E-state index contributed by atoms with van der Waals surface area (Å²) in [5, 5.41) is 3.37. The number of carbonyl (C=O) groups is 1. The molecule has 0 bridgehead atoms. The van der Waals surface area contributed by atoms with Gasteiger partial charge in [0.15, 0.2) is 5.13 Å². The van der Waals surface area contributed by atoms with Gasteiger partial charge in [0, 0.05) is 4.47 Å². The lowest BCUT2D eigenvalue weighted by Crippen LogP contribution is -2.18. The number of sulfonamides is 1. The van der Waals surface area contributed by atoms with E-state index in [1.165, 1.54) is 30.5 Å². The molecule has 25 heavy (non-hydrogen) atoms. The molecule has 1 amide bonds. The van der Waals surface area contributed by atoms with Crippen LogP contribution in [0, 0.1) is 0 Å². The average molecular weight is 461 g/mol. The largest absolute Gasteiger partial charge is 0.298 e. The predicted molar refractivity (Wildman–Crippen MR) is 103 cm³/mol. The number of hydrogen-bond acceptors (Lipinski definition) is 5. The first-order valence-electron chi connectivity index (χ1n) is 6.91. The summed E-state index contributed by atoms with van der Waals surface area (Å²) >= 11 is 10.5. The smallest absolute Gasteiger partial charge is 0.258 e. The third-order valence-corrected chi connectivity index (χ3v) is 6.50. The van der Waals surface area contributed by atoms with Gasteiger partial charge in [-0.15, -0.1) is 0 Å².